The number of anilines is 1. The van der Waals surface area contributed by atoms with Gasteiger partial charge in [-0.3, -0.25) is 14.5 Å². The lowest BCUT2D eigenvalue weighted by molar-refractivity contribution is -0.115. The molecule has 0 spiro atoms. The van der Waals surface area contributed by atoms with Gasteiger partial charge < -0.3 is 11.1 Å². The molecule has 1 heterocycles. The van der Waals surface area contributed by atoms with Crippen LogP contribution in [0.1, 0.15) is 25.3 Å². The average molecular weight is 335 g/mol. The Hall–Kier alpha value is -1.53. The standard InChI is InChI=1S/C17H25N3O2S/c1-13-3-2-8-20(9-13)10-14-4-6-15(7-5-14)19-17(22)12-23-11-16(18)21/h4-7,13H,2-3,8-12H2,1H3,(H2,18,21)(H,19,22). The lowest BCUT2D eigenvalue weighted by Crippen LogP contribution is -2.33. The van der Waals surface area contributed by atoms with E-state index in [9.17, 15) is 9.59 Å². The van der Waals surface area contributed by atoms with E-state index in [1.54, 1.807) is 0 Å². The van der Waals surface area contributed by atoms with Crippen LogP contribution in [0.15, 0.2) is 24.3 Å². The first-order chi connectivity index (χ1) is 11.0. The van der Waals surface area contributed by atoms with E-state index in [1.165, 1.54) is 36.7 Å². The van der Waals surface area contributed by atoms with Crippen molar-refractivity contribution in [2.24, 2.45) is 11.7 Å². The van der Waals surface area contributed by atoms with Crippen LogP contribution >= 0.6 is 11.8 Å². The third kappa shape index (κ3) is 6.62. The van der Waals surface area contributed by atoms with Gasteiger partial charge in [-0.05, 0) is 43.0 Å². The molecule has 0 aromatic heterocycles. The molecular weight excluding hydrogens is 310 g/mol. The molecule has 0 bridgehead atoms. The minimum absolute atomic E-state index is 0.117. The molecule has 1 saturated heterocycles. The second-order valence-electron chi connectivity index (χ2n) is 6.19. The van der Waals surface area contributed by atoms with Gasteiger partial charge in [0.05, 0.1) is 11.5 Å². The zero-order chi connectivity index (χ0) is 16.7. The number of piperidine rings is 1. The van der Waals surface area contributed by atoms with Crippen LogP contribution in [0.2, 0.25) is 0 Å². The first-order valence-corrected chi connectivity index (χ1v) is 9.15. The van der Waals surface area contributed by atoms with E-state index < -0.39 is 5.91 Å². The summed E-state index contributed by atoms with van der Waals surface area (Å²) in [6.45, 7) is 5.60. The Balaban J connectivity index is 1.77. The molecule has 1 aliphatic rings. The van der Waals surface area contributed by atoms with Crippen LogP contribution in [0, 0.1) is 5.92 Å². The molecule has 1 unspecified atom stereocenters. The van der Waals surface area contributed by atoms with Crippen molar-refractivity contribution in [3.8, 4) is 0 Å². The molecule has 1 aromatic carbocycles. The number of hydrogen-bond donors (Lipinski definition) is 2. The van der Waals surface area contributed by atoms with E-state index in [4.69, 9.17) is 5.73 Å². The van der Waals surface area contributed by atoms with Crippen LogP contribution in [-0.2, 0) is 16.1 Å². The Morgan fingerprint density at radius 3 is 2.70 bits per heavy atom. The maximum absolute atomic E-state index is 11.7. The summed E-state index contributed by atoms with van der Waals surface area (Å²) in [7, 11) is 0. The summed E-state index contributed by atoms with van der Waals surface area (Å²) in [5, 5.41) is 2.83. The van der Waals surface area contributed by atoms with Gasteiger partial charge in [-0.15, -0.1) is 11.8 Å². The fraction of sp³-hybridized carbons (Fsp3) is 0.529. The molecule has 5 nitrogen and oxygen atoms in total. The monoisotopic (exact) mass is 335 g/mol. The lowest BCUT2D eigenvalue weighted by atomic mass is 10.00. The molecular formula is C17H25N3O2S. The summed E-state index contributed by atoms with van der Waals surface area (Å²) in [6.07, 6.45) is 2.60. The Kier molecular flexibility index (Phi) is 6.92. The number of nitrogens with two attached hydrogens (primary N) is 1. The highest BCUT2D eigenvalue weighted by molar-refractivity contribution is 8.00. The second-order valence-corrected chi connectivity index (χ2v) is 7.17. The zero-order valence-corrected chi connectivity index (χ0v) is 14.4. The topological polar surface area (TPSA) is 75.4 Å². The number of hydrogen-bond acceptors (Lipinski definition) is 4. The van der Waals surface area contributed by atoms with Crippen LogP contribution in [0.5, 0.6) is 0 Å². The van der Waals surface area contributed by atoms with Crippen LogP contribution in [0.25, 0.3) is 0 Å². The highest BCUT2D eigenvalue weighted by Crippen LogP contribution is 2.18. The van der Waals surface area contributed by atoms with E-state index in [2.05, 4.69) is 29.3 Å². The minimum Gasteiger partial charge on any atom is -0.369 e. The summed E-state index contributed by atoms with van der Waals surface area (Å²) in [4.78, 5) is 24.9. The van der Waals surface area contributed by atoms with Gasteiger partial charge in [-0.25, -0.2) is 0 Å². The highest BCUT2D eigenvalue weighted by atomic mass is 32.2. The number of primary amides is 1. The van der Waals surface area contributed by atoms with Crippen molar-refractivity contribution in [2.75, 3.05) is 29.9 Å². The summed E-state index contributed by atoms with van der Waals surface area (Å²) in [5.74, 6) is 0.657. The summed E-state index contributed by atoms with van der Waals surface area (Å²) < 4.78 is 0. The van der Waals surface area contributed by atoms with Crippen molar-refractivity contribution >= 4 is 29.3 Å². The van der Waals surface area contributed by atoms with Crippen molar-refractivity contribution in [3.63, 3.8) is 0 Å². The molecule has 2 rings (SSSR count). The average Bonchev–Trinajstić information content (AvgIpc) is 2.49. The number of thioether (sulfide) groups is 1. The fourth-order valence-electron chi connectivity index (χ4n) is 2.82. The molecule has 0 saturated carbocycles. The predicted octanol–water partition coefficient (Wildman–Crippen LogP) is 2.08. The van der Waals surface area contributed by atoms with Crippen LogP contribution < -0.4 is 11.1 Å². The third-order valence-corrected chi connectivity index (χ3v) is 4.82. The summed E-state index contributed by atoms with van der Waals surface area (Å²) >= 11 is 1.22. The van der Waals surface area contributed by atoms with E-state index in [1.807, 2.05) is 12.1 Å². The van der Waals surface area contributed by atoms with Crippen molar-refractivity contribution in [1.29, 1.82) is 0 Å². The number of likely N-dealkylation sites (tertiary alicyclic amines) is 1. The van der Waals surface area contributed by atoms with Gasteiger partial charge in [-0.1, -0.05) is 19.1 Å². The first kappa shape index (κ1) is 17.8. The number of nitrogens with zero attached hydrogens (tertiary/aromatic N) is 1. The van der Waals surface area contributed by atoms with E-state index >= 15 is 0 Å². The van der Waals surface area contributed by atoms with Gasteiger partial charge in [-0.2, -0.15) is 0 Å². The van der Waals surface area contributed by atoms with Gasteiger partial charge in [0.2, 0.25) is 11.8 Å². The largest absolute Gasteiger partial charge is 0.369 e. The van der Waals surface area contributed by atoms with Gasteiger partial charge in [0.15, 0.2) is 0 Å². The molecule has 0 radical (unpaired) electrons. The highest BCUT2D eigenvalue weighted by Gasteiger charge is 2.16. The van der Waals surface area contributed by atoms with Crippen molar-refractivity contribution in [2.45, 2.75) is 26.3 Å². The number of carbonyl (C=O) groups excluding carboxylic acids is 2. The normalized spacial score (nSPS) is 18.6. The zero-order valence-electron chi connectivity index (χ0n) is 13.6. The number of rotatable bonds is 7. The number of benzene rings is 1. The molecule has 2 amide bonds. The molecule has 23 heavy (non-hydrogen) atoms. The number of nitrogens with one attached hydrogen (secondary N) is 1. The van der Waals surface area contributed by atoms with E-state index in [-0.39, 0.29) is 17.4 Å². The molecule has 1 aliphatic heterocycles. The quantitative estimate of drug-likeness (QED) is 0.800. The van der Waals surface area contributed by atoms with Crippen molar-refractivity contribution in [3.05, 3.63) is 29.8 Å². The van der Waals surface area contributed by atoms with Crippen LogP contribution in [-0.4, -0.2) is 41.3 Å². The fourth-order valence-corrected chi connectivity index (χ4v) is 3.38. The number of carbonyl (C=O) groups is 2. The Morgan fingerprint density at radius 2 is 2.04 bits per heavy atom. The van der Waals surface area contributed by atoms with Crippen LogP contribution in [0.4, 0.5) is 5.69 Å². The predicted molar refractivity (Wildman–Crippen MR) is 95.3 cm³/mol. The van der Waals surface area contributed by atoms with Crippen LogP contribution in [0.3, 0.4) is 0 Å². The number of amides is 2. The summed E-state index contributed by atoms with van der Waals surface area (Å²) in [6, 6.07) is 7.98. The molecule has 6 heteroatoms. The Morgan fingerprint density at radius 1 is 1.30 bits per heavy atom. The van der Waals surface area contributed by atoms with E-state index in [0.29, 0.717) is 0 Å². The van der Waals surface area contributed by atoms with Crippen molar-refractivity contribution in [1.82, 2.24) is 4.90 Å². The maximum atomic E-state index is 11.7. The molecule has 0 aliphatic carbocycles. The third-order valence-electron chi connectivity index (χ3n) is 3.86. The molecule has 1 fully saturated rings. The first-order valence-electron chi connectivity index (χ1n) is 8.00. The van der Waals surface area contributed by atoms with Gasteiger partial charge in [0, 0.05) is 18.8 Å². The van der Waals surface area contributed by atoms with Gasteiger partial charge in [0.1, 0.15) is 0 Å². The maximum Gasteiger partial charge on any atom is 0.234 e. The second kappa shape index (κ2) is 8.93. The van der Waals surface area contributed by atoms with Gasteiger partial charge >= 0.3 is 0 Å². The van der Waals surface area contributed by atoms with Gasteiger partial charge in [0.25, 0.3) is 0 Å². The molecule has 126 valence electrons. The van der Waals surface area contributed by atoms with E-state index in [0.717, 1.165) is 24.7 Å². The smallest absolute Gasteiger partial charge is 0.234 e. The molecule has 3 N–H and O–H groups in total. The summed E-state index contributed by atoms with van der Waals surface area (Å²) in [5.41, 5.74) is 7.08. The molecule has 1 atom stereocenters. The SMILES string of the molecule is CC1CCCN(Cc2ccc(NC(=O)CSCC(N)=O)cc2)C1. The Bertz CT molecular complexity index is 533. The van der Waals surface area contributed by atoms with Crippen molar-refractivity contribution < 1.29 is 9.59 Å². The lowest BCUT2D eigenvalue weighted by Gasteiger charge is -2.30. The minimum atomic E-state index is -0.404. The molecule has 1 aromatic rings. The Labute approximate surface area is 142 Å².